The van der Waals surface area contributed by atoms with Crippen molar-refractivity contribution in [3.05, 3.63) is 38.4 Å². The Morgan fingerprint density at radius 3 is 2.47 bits per heavy atom. The lowest BCUT2D eigenvalue weighted by Crippen LogP contribution is -2.17. The first-order chi connectivity index (χ1) is 8.79. The second kappa shape index (κ2) is 6.14. The predicted molar refractivity (Wildman–Crippen MR) is 75.9 cm³/mol. The highest BCUT2D eigenvalue weighted by atomic mass is 79.9. The van der Waals surface area contributed by atoms with E-state index in [9.17, 15) is 14.9 Å². The molecule has 0 spiro atoms. The SMILES string of the molecule is COc1cc(C[N+](=O)[O-])c(C(=O)C(C)Br)c(C)c1C. The van der Waals surface area contributed by atoms with Gasteiger partial charge in [-0.3, -0.25) is 14.9 Å². The summed E-state index contributed by atoms with van der Waals surface area (Å²) in [5.41, 5.74) is 2.36. The number of halogens is 1. The Balaban J connectivity index is 3.52. The number of carbonyl (C=O) groups is 1. The van der Waals surface area contributed by atoms with Gasteiger partial charge in [-0.15, -0.1) is 0 Å². The molecule has 1 unspecified atom stereocenters. The van der Waals surface area contributed by atoms with Crippen LogP contribution in [0.3, 0.4) is 0 Å². The Morgan fingerprint density at radius 1 is 1.47 bits per heavy atom. The second-order valence-electron chi connectivity index (χ2n) is 4.33. The van der Waals surface area contributed by atoms with Crippen molar-refractivity contribution < 1.29 is 14.5 Å². The summed E-state index contributed by atoms with van der Waals surface area (Å²) in [5, 5.41) is 10.8. The summed E-state index contributed by atoms with van der Waals surface area (Å²) in [7, 11) is 1.51. The van der Waals surface area contributed by atoms with Crippen LogP contribution in [0.1, 0.15) is 34.0 Å². The van der Waals surface area contributed by atoms with Gasteiger partial charge in [0.2, 0.25) is 6.54 Å². The van der Waals surface area contributed by atoms with E-state index in [4.69, 9.17) is 4.74 Å². The average molecular weight is 330 g/mol. The minimum Gasteiger partial charge on any atom is -0.496 e. The lowest BCUT2D eigenvalue weighted by atomic mass is 9.92. The molecule has 0 radical (unpaired) electrons. The fourth-order valence-corrected chi connectivity index (χ4v) is 2.20. The van der Waals surface area contributed by atoms with Crippen LogP contribution < -0.4 is 4.74 Å². The van der Waals surface area contributed by atoms with E-state index < -0.39 is 11.5 Å². The molecule has 0 bridgehead atoms. The number of carbonyl (C=O) groups excluding carboxylic acids is 1. The first kappa shape index (κ1) is 15.6. The van der Waals surface area contributed by atoms with Crippen molar-refractivity contribution in [2.45, 2.75) is 32.1 Å². The molecule has 0 aliphatic carbocycles. The maximum Gasteiger partial charge on any atom is 0.229 e. The molecule has 0 fully saturated rings. The molecule has 0 aromatic heterocycles. The molecule has 0 saturated carbocycles. The smallest absolute Gasteiger partial charge is 0.229 e. The molecule has 1 atom stereocenters. The number of Topliss-reactive ketones (excluding diaryl/α,β-unsaturated/α-hetero) is 1. The molecule has 0 heterocycles. The van der Waals surface area contributed by atoms with Crippen molar-refractivity contribution in [1.29, 1.82) is 0 Å². The molecule has 0 N–H and O–H groups in total. The Labute approximate surface area is 120 Å². The van der Waals surface area contributed by atoms with Crippen molar-refractivity contribution >= 4 is 21.7 Å². The summed E-state index contributed by atoms with van der Waals surface area (Å²) in [6.45, 7) is 4.93. The monoisotopic (exact) mass is 329 g/mol. The highest BCUT2D eigenvalue weighted by Crippen LogP contribution is 2.30. The van der Waals surface area contributed by atoms with Crippen molar-refractivity contribution in [2.75, 3.05) is 7.11 Å². The standard InChI is InChI=1S/C13H16BrNO4/c1-7-8(2)12(13(16)9(3)14)10(6-15(17)18)5-11(7)19-4/h5,9H,6H2,1-4H3. The zero-order chi connectivity index (χ0) is 14.7. The number of hydrogen-bond acceptors (Lipinski definition) is 4. The third-order valence-electron chi connectivity index (χ3n) is 3.06. The third-order valence-corrected chi connectivity index (χ3v) is 3.48. The highest BCUT2D eigenvalue weighted by Gasteiger charge is 2.24. The molecule has 0 aliphatic rings. The Kier molecular flexibility index (Phi) is 5.05. The Morgan fingerprint density at radius 2 is 2.05 bits per heavy atom. The molecular weight excluding hydrogens is 314 g/mol. The molecule has 0 amide bonds. The molecule has 1 rings (SSSR count). The summed E-state index contributed by atoms with van der Waals surface area (Å²) in [5.74, 6) is 0.410. The summed E-state index contributed by atoms with van der Waals surface area (Å²) in [6.07, 6.45) is 0. The second-order valence-corrected chi connectivity index (χ2v) is 5.71. The maximum absolute atomic E-state index is 12.2. The lowest BCUT2D eigenvalue weighted by molar-refractivity contribution is -0.496. The normalized spacial score (nSPS) is 12.1. The number of alkyl halides is 1. The van der Waals surface area contributed by atoms with E-state index in [1.807, 2.05) is 6.92 Å². The molecule has 0 saturated heterocycles. The molecule has 1 aromatic rings. The van der Waals surface area contributed by atoms with Gasteiger partial charge < -0.3 is 4.74 Å². The van der Waals surface area contributed by atoms with E-state index in [1.54, 1.807) is 19.9 Å². The average Bonchev–Trinajstić information content (AvgIpc) is 2.32. The maximum atomic E-state index is 12.2. The van der Waals surface area contributed by atoms with Gasteiger partial charge in [0, 0.05) is 16.1 Å². The largest absolute Gasteiger partial charge is 0.496 e. The zero-order valence-corrected chi connectivity index (χ0v) is 12.9. The molecule has 0 aliphatic heterocycles. The van der Waals surface area contributed by atoms with E-state index >= 15 is 0 Å². The van der Waals surface area contributed by atoms with Gasteiger partial charge in [-0.25, -0.2) is 0 Å². The number of hydrogen-bond donors (Lipinski definition) is 0. The molecular formula is C13H16BrNO4. The fraction of sp³-hybridized carbons (Fsp3) is 0.462. The molecule has 1 aromatic carbocycles. The van der Waals surface area contributed by atoms with Crippen molar-refractivity contribution in [3.8, 4) is 5.75 Å². The van der Waals surface area contributed by atoms with Gasteiger partial charge in [0.25, 0.3) is 0 Å². The van der Waals surface area contributed by atoms with Gasteiger partial charge in [-0.2, -0.15) is 0 Å². The fourth-order valence-electron chi connectivity index (χ4n) is 1.97. The van der Waals surface area contributed by atoms with Crippen LogP contribution >= 0.6 is 15.9 Å². The van der Waals surface area contributed by atoms with Crippen LogP contribution in [0, 0.1) is 24.0 Å². The van der Waals surface area contributed by atoms with E-state index in [0.717, 1.165) is 11.1 Å². The number of ketones is 1. The topological polar surface area (TPSA) is 69.4 Å². The number of nitrogens with zero attached hydrogens (tertiary/aromatic N) is 1. The van der Waals surface area contributed by atoms with Crippen LogP contribution in [0.5, 0.6) is 5.75 Å². The molecule has 19 heavy (non-hydrogen) atoms. The predicted octanol–water partition coefficient (Wildman–Crippen LogP) is 3.05. The first-order valence-electron chi connectivity index (χ1n) is 5.76. The summed E-state index contributed by atoms with van der Waals surface area (Å²) < 4.78 is 5.20. The van der Waals surface area contributed by atoms with Crippen LogP contribution in [-0.4, -0.2) is 22.6 Å². The van der Waals surface area contributed by atoms with Crippen molar-refractivity contribution in [3.63, 3.8) is 0 Å². The zero-order valence-electron chi connectivity index (χ0n) is 11.3. The number of rotatable bonds is 5. The van der Waals surface area contributed by atoms with Gasteiger partial charge in [-0.05, 0) is 38.0 Å². The summed E-state index contributed by atoms with van der Waals surface area (Å²) >= 11 is 3.22. The number of methoxy groups -OCH3 is 1. The lowest BCUT2D eigenvalue weighted by Gasteiger charge is -2.16. The number of ether oxygens (including phenoxy) is 1. The van der Waals surface area contributed by atoms with Crippen LogP contribution in [-0.2, 0) is 6.54 Å². The van der Waals surface area contributed by atoms with Gasteiger partial charge in [-0.1, -0.05) is 15.9 Å². The quantitative estimate of drug-likeness (QED) is 0.360. The minimum absolute atomic E-state index is 0.153. The summed E-state index contributed by atoms with van der Waals surface area (Å²) in [4.78, 5) is 22.1. The van der Waals surface area contributed by atoms with Gasteiger partial charge in [0.1, 0.15) is 5.75 Å². The summed E-state index contributed by atoms with van der Waals surface area (Å²) in [6, 6.07) is 1.58. The van der Waals surface area contributed by atoms with Gasteiger partial charge in [0.15, 0.2) is 5.78 Å². The van der Waals surface area contributed by atoms with Gasteiger partial charge >= 0.3 is 0 Å². The highest BCUT2D eigenvalue weighted by molar-refractivity contribution is 9.10. The Bertz CT molecular complexity index is 526. The van der Waals surface area contributed by atoms with Crippen molar-refractivity contribution in [1.82, 2.24) is 0 Å². The van der Waals surface area contributed by atoms with Crippen LogP contribution in [0.2, 0.25) is 0 Å². The van der Waals surface area contributed by atoms with Gasteiger partial charge in [0.05, 0.1) is 11.9 Å². The first-order valence-corrected chi connectivity index (χ1v) is 6.68. The Hall–Kier alpha value is -1.43. The van der Waals surface area contributed by atoms with Crippen LogP contribution in [0.15, 0.2) is 6.07 Å². The van der Waals surface area contributed by atoms with Crippen molar-refractivity contribution in [2.24, 2.45) is 0 Å². The number of nitro groups is 1. The third kappa shape index (κ3) is 3.32. The van der Waals surface area contributed by atoms with E-state index in [0.29, 0.717) is 16.9 Å². The van der Waals surface area contributed by atoms with Crippen LogP contribution in [0.25, 0.3) is 0 Å². The van der Waals surface area contributed by atoms with E-state index in [1.165, 1.54) is 7.11 Å². The van der Waals surface area contributed by atoms with E-state index in [2.05, 4.69) is 15.9 Å². The van der Waals surface area contributed by atoms with E-state index in [-0.39, 0.29) is 10.6 Å². The number of benzene rings is 1. The minimum atomic E-state index is -0.445. The molecule has 104 valence electrons. The molecule has 5 nitrogen and oxygen atoms in total. The molecule has 6 heteroatoms. The van der Waals surface area contributed by atoms with Crippen LogP contribution in [0.4, 0.5) is 0 Å².